The van der Waals surface area contributed by atoms with E-state index in [-0.39, 0.29) is 98.6 Å². The minimum absolute atomic E-state index is 0.0330. The highest BCUT2D eigenvalue weighted by Crippen LogP contribution is 2.49. The van der Waals surface area contributed by atoms with Gasteiger partial charge in [-0.05, 0) is 177 Å². The minimum atomic E-state index is -2.33. The van der Waals surface area contributed by atoms with Crippen molar-refractivity contribution in [1.82, 2.24) is 47.9 Å². The van der Waals surface area contributed by atoms with Crippen LogP contribution in [0.2, 0.25) is 5.02 Å². The molecule has 0 spiro atoms. The zero-order chi connectivity index (χ0) is 88.5. The van der Waals surface area contributed by atoms with Crippen molar-refractivity contribution in [2.75, 3.05) is 58.4 Å². The van der Waals surface area contributed by atoms with Crippen LogP contribution in [0.3, 0.4) is 0 Å². The van der Waals surface area contributed by atoms with Crippen LogP contribution in [-0.2, 0) is 52.6 Å². The van der Waals surface area contributed by atoms with Gasteiger partial charge in [-0.2, -0.15) is 0 Å². The molecule has 13 rings (SSSR count). The lowest BCUT2D eigenvalue weighted by Crippen LogP contribution is -2.64. The Bertz CT molecular complexity index is 4890. The molecule has 6 aromatic rings. The zero-order valence-electron chi connectivity index (χ0n) is 68.2. The van der Waals surface area contributed by atoms with Gasteiger partial charge in [-0.25, -0.2) is 9.59 Å². The zero-order valence-corrected chi connectivity index (χ0v) is 68.9. The maximum atomic E-state index is 16.4. The summed E-state index contributed by atoms with van der Waals surface area (Å²) in [5, 5.41) is 121. The Morgan fingerprint density at radius 2 is 1.34 bits per heavy atom. The van der Waals surface area contributed by atoms with Crippen molar-refractivity contribution in [1.29, 1.82) is 0 Å². The first-order chi connectivity index (χ1) is 58.0. The van der Waals surface area contributed by atoms with Gasteiger partial charge in [0.15, 0.2) is 29.9 Å². The lowest BCUT2D eigenvalue weighted by Gasteiger charge is -2.47. The fourth-order valence-electron chi connectivity index (χ4n) is 14.8. The number of phenolic OH excluding ortho intramolecular Hbond substituents is 1. The van der Waals surface area contributed by atoms with Crippen LogP contribution >= 0.6 is 11.6 Å². The molecule has 11 bridgehead atoms. The number of aliphatic hydroxyl groups is 6. The maximum Gasteiger partial charge on any atom is 0.417 e. The molecule has 18 atom stereocenters. The Kier molecular flexibility index (Phi) is 29.9. The molecule has 0 aromatic heterocycles. The molecule has 122 heavy (non-hydrogen) atoms. The molecule has 7 heterocycles. The summed E-state index contributed by atoms with van der Waals surface area (Å²) < 4.78 is 56.8. The fourth-order valence-corrected chi connectivity index (χ4v) is 15.1. The number of anilines is 1. The average molecular weight is 1720 g/mol. The first kappa shape index (κ1) is 91.7. The summed E-state index contributed by atoms with van der Waals surface area (Å²) in [5.74, 6) is -13.3. The number of likely N-dealkylation sites (N-methyl/N-ethyl adjacent to an activating group) is 3. The molecule has 2 saturated heterocycles. The second kappa shape index (κ2) is 39.8. The van der Waals surface area contributed by atoms with E-state index in [9.17, 15) is 60.0 Å². The predicted molar refractivity (Wildman–Crippen MR) is 435 cm³/mol. The van der Waals surface area contributed by atoms with Gasteiger partial charge in [-0.3, -0.25) is 38.9 Å². The third-order valence-electron chi connectivity index (χ3n) is 21.2. The van der Waals surface area contributed by atoms with Crippen LogP contribution in [0, 0.1) is 19.8 Å². The highest BCUT2D eigenvalue weighted by atomic mass is 35.5. The van der Waals surface area contributed by atoms with Crippen LogP contribution < -0.4 is 93.1 Å². The summed E-state index contributed by atoms with van der Waals surface area (Å²) in [4.78, 5) is 134. The lowest BCUT2D eigenvalue weighted by atomic mass is 9.86. The maximum absolute atomic E-state index is 16.4. The number of carbonyl (C=O) groups excluding carboxylic acids is 8. The molecule has 22 N–H and O–H groups in total. The number of carbonyl (C=O) groups is 9. The molecule has 0 unspecified atom stereocenters. The molecule has 39 heteroatoms. The molecular weight excluding hydrogens is 1620 g/mol. The second-order valence-electron chi connectivity index (χ2n) is 30.9. The number of nitrogens with one attached hydrogen (secondary N) is 10. The normalized spacial score (nSPS) is 26.3. The number of fused-ring (bicyclic) bond motifs is 15. The van der Waals surface area contributed by atoms with Gasteiger partial charge in [-0.1, -0.05) is 57.5 Å². The largest absolute Gasteiger partial charge is 0.507 e. The number of aryl methyl sites for hydroxylation is 2. The molecule has 7 aliphatic heterocycles. The van der Waals surface area contributed by atoms with E-state index in [2.05, 4.69) is 53.2 Å². The number of primary amides is 1. The van der Waals surface area contributed by atoms with E-state index >= 15 is 24.0 Å². The molecule has 38 nitrogen and oxygen atoms in total. The molecule has 0 aliphatic carbocycles. The summed E-state index contributed by atoms with van der Waals surface area (Å²) >= 11 is 7.20. The Hall–Kier alpha value is -11.1. The van der Waals surface area contributed by atoms with Crippen LogP contribution in [0.25, 0.3) is 11.1 Å². The first-order valence-electron chi connectivity index (χ1n) is 39.6. The van der Waals surface area contributed by atoms with E-state index in [1.54, 1.807) is 12.1 Å². The van der Waals surface area contributed by atoms with Gasteiger partial charge < -0.3 is 143 Å². The smallest absolute Gasteiger partial charge is 0.417 e. The molecular formula is C83H103ClN12O26. The summed E-state index contributed by atoms with van der Waals surface area (Å²) in [6, 6.07) is 5.97. The van der Waals surface area contributed by atoms with Gasteiger partial charge >= 0.3 is 12.1 Å². The van der Waals surface area contributed by atoms with Crippen LogP contribution in [-0.4, -0.2) is 226 Å². The molecule has 0 radical (unpaired) electrons. The topological polar surface area (TPSA) is 571 Å². The number of benzene rings is 6. The number of phenols is 1. The van der Waals surface area contributed by atoms with Gasteiger partial charge in [0.1, 0.15) is 108 Å². The van der Waals surface area contributed by atoms with Gasteiger partial charge in [0.25, 0.3) is 0 Å². The first-order valence-corrected chi connectivity index (χ1v) is 40.0. The molecule has 6 aromatic carbocycles. The van der Waals surface area contributed by atoms with E-state index in [0.717, 1.165) is 42.5 Å². The van der Waals surface area contributed by atoms with Gasteiger partial charge in [0, 0.05) is 36.7 Å². The Balaban J connectivity index is 1.10. The van der Waals surface area contributed by atoms with E-state index in [4.69, 9.17) is 65.7 Å². The number of nitrogens with two attached hydrogens (primary N) is 2. The summed E-state index contributed by atoms with van der Waals surface area (Å²) in [7, 11) is 1.50. The SMILES string of the molecule is CCNCCOc1ccc(NC(=O)Oc2cc(C)c3c(c2)[C@@H](C(=O)O)NC(=O)[C@H]2NC(=O)[C@H](NC(=O)[C@@H]4NC(=O)[C@H](CC(N)=O)NC(=O)[C@H](NC(=O)[C@@H](CC(C)C)NC)[C@H](O)c5ccc(c(C)c5)Oc5cc4cc(c5O[C@@H]4O[C@H](CO)[C@@H](O)[C@H](O)[C@H]4O[C@H]4C[C@](C)(N)[C@H](O)[C@H](C)O4)Oc4ccc(cc4Cl)[C@H]2O)c2ccc(O)c-3c2)c(OCCNCC)c1. The Morgan fingerprint density at radius 3 is 1.98 bits per heavy atom. The van der Waals surface area contributed by atoms with Crippen LogP contribution in [0.15, 0.2) is 97.1 Å². The average Bonchev–Trinajstić information content (AvgIpc) is 0.761. The molecule has 658 valence electrons. The van der Waals surface area contributed by atoms with Crippen LogP contribution in [0.4, 0.5) is 10.5 Å². The number of hydrogen-bond acceptors (Lipinski definition) is 29. The van der Waals surface area contributed by atoms with E-state index in [0.29, 0.717) is 38.5 Å². The number of carboxylic acids is 1. The summed E-state index contributed by atoms with van der Waals surface area (Å²) in [6.45, 7) is 15.3. The number of ether oxygens (including phenoxy) is 9. The third-order valence-corrected chi connectivity index (χ3v) is 21.5. The molecule has 0 saturated carbocycles. The summed E-state index contributed by atoms with van der Waals surface area (Å²) in [6.07, 6.45) is -19.5. The quantitative estimate of drug-likeness (QED) is 0.0365. The second-order valence-corrected chi connectivity index (χ2v) is 31.3. The van der Waals surface area contributed by atoms with Gasteiger partial charge in [0.2, 0.25) is 53.4 Å². The lowest BCUT2D eigenvalue weighted by molar-refractivity contribution is -0.333. The number of aliphatic hydroxyl groups excluding tert-OH is 6. The Morgan fingerprint density at radius 1 is 0.697 bits per heavy atom. The highest BCUT2D eigenvalue weighted by Gasteiger charge is 2.52. The number of aliphatic carboxylic acids is 1. The van der Waals surface area contributed by atoms with Crippen LogP contribution in [0.1, 0.15) is 130 Å². The number of carboxylic acid groups (broad SMARTS) is 1. The van der Waals surface area contributed by atoms with Crippen molar-refractivity contribution in [2.24, 2.45) is 17.4 Å². The predicted octanol–water partition coefficient (Wildman–Crippen LogP) is 2.25. The standard InChI is InChI=1S/C83H103ClN12O26/c1-10-88-20-22-114-44-15-16-49(55(32-44)115-23-21-89-11-2)91-82(113)117-45-26-38(6)61-46-27-40(12-17-52(46)98)62-76(107)96-66(79(110)94-64(80(111)112)47(61)31-45)68(101)42-14-19-54(48(84)28-42)119-57-30-43-29-56(71(57)122-81-72(70(103)69(102)58(35-97)120-81)121-60-34-83(8,86)73(104)39(7)116-60)118-53-18-13-41(25-37(53)5)67(100)65(95-74(105)50(87-9)24-36(3)4)78(109)90-51(33-59(85)99)75(106)92-63(43)77(108)93-62/h12-19,25-32,36,39,50-51,58,60,62-70,72-73,81,87-89,97-98,100-104H,10-11,20-24,33-35,86H2,1-9H3,(H2,85,99)(H,90,109)(H,91,113)(H,92,106)(H,93,108)(H,94,110)(H,95,105)(H,96,107)(H,111,112)/t39-,50+,51-,58+,60-,62+,63+,64-,65+,66-,67+,68+,69+,70-,72+,73+,81-,83-/m0/s1. The monoisotopic (exact) mass is 1720 g/mol. The highest BCUT2D eigenvalue weighted by molar-refractivity contribution is 6.32. The van der Waals surface area contributed by atoms with Crippen molar-refractivity contribution in [2.45, 2.75) is 184 Å². The Labute approximate surface area is 705 Å². The third kappa shape index (κ3) is 21.3. The van der Waals surface area contributed by atoms with Crippen molar-refractivity contribution >= 4 is 70.7 Å². The molecule has 8 amide bonds. The van der Waals surface area contributed by atoms with Crippen molar-refractivity contribution < 1.29 is 127 Å². The minimum Gasteiger partial charge on any atom is -0.507 e. The number of amides is 8. The van der Waals surface area contributed by atoms with Crippen molar-refractivity contribution in [3.8, 4) is 62.9 Å². The van der Waals surface area contributed by atoms with E-state index in [1.165, 1.54) is 77.2 Å². The summed E-state index contributed by atoms with van der Waals surface area (Å²) in [5.41, 5.74) is 9.54. The fraction of sp³-hybridized carbons (Fsp3) is 0.458. The number of hydrogen-bond donors (Lipinski definition) is 20. The number of halogens is 1. The van der Waals surface area contributed by atoms with E-state index < -0.39 is 209 Å². The van der Waals surface area contributed by atoms with Gasteiger partial charge in [-0.15, -0.1) is 0 Å². The number of aromatic hydroxyl groups is 1. The van der Waals surface area contributed by atoms with Crippen molar-refractivity contribution in [3.63, 3.8) is 0 Å². The van der Waals surface area contributed by atoms with E-state index in [1.807, 2.05) is 27.7 Å². The van der Waals surface area contributed by atoms with Crippen LogP contribution in [0.5, 0.6) is 51.7 Å². The molecule has 2 fully saturated rings. The number of rotatable bonds is 25. The van der Waals surface area contributed by atoms with Gasteiger partial charge in [0.05, 0.1) is 42.0 Å². The molecule has 7 aliphatic rings. The van der Waals surface area contributed by atoms with Crippen molar-refractivity contribution in [3.05, 3.63) is 141 Å².